The number of hydrogen-bond acceptors (Lipinski definition) is 4. The molecule has 144 valence electrons. The highest BCUT2D eigenvalue weighted by Crippen LogP contribution is 2.24. The lowest BCUT2D eigenvalue weighted by atomic mass is 10.1. The summed E-state index contributed by atoms with van der Waals surface area (Å²) < 4.78 is 33.0. The van der Waals surface area contributed by atoms with Crippen molar-refractivity contribution < 1.29 is 17.9 Å². The molecule has 0 radical (unpaired) electrons. The molecule has 1 unspecified atom stereocenters. The van der Waals surface area contributed by atoms with Gasteiger partial charge in [0.1, 0.15) is 0 Å². The van der Waals surface area contributed by atoms with Gasteiger partial charge in [0.2, 0.25) is 10.0 Å². The van der Waals surface area contributed by atoms with Crippen molar-refractivity contribution in [2.45, 2.75) is 30.8 Å². The van der Waals surface area contributed by atoms with Gasteiger partial charge in [-0.15, -0.1) is 0 Å². The number of carbonyl (C=O) groups excluding carboxylic acids is 1. The standard InChI is InChI=1S/C19H21ClN2O4S/c1-13-17(20)8-3-9-18(13)22-19(23)14-5-2-7-16(11-14)27(24,25)21-12-15-6-4-10-26-15/h2-3,5,7-9,11,15,21H,4,6,10,12H2,1H3,(H,22,23). The highest BCUT2D eigenvalue weighted by atomic mass is 35.5. The first-order chi connectivity index (χ1) is 12.9. The average Bonchev–Trinajstić information content (AvgIpc) is 3.18. The van der Waals surface area contributed by atoms with E-state index in [1.54, 1.807) is 37.3 Å². The van der Waals surface area contributed by atoms with Crippen molar-refractivity contribution in [1.29, 1.82) is 0 Å². The minimum Gasteiger partial charge on any atom is -0.377 e. The molecule has 1 fully saturated rings. The molecule has 1 atom stereocenters. The Labute approximate surface area is 163 Å². The Bertz CT molecular complexity index is 940. The average molecular weight is 409 g/mol. The van der Waals surface area contributed by atoms with Crippen LogP contribution < -0.4 is 10.0 Å². The van der Waals surface area contributed by atoms with E-state index in [9.17, 15) is 13.2 Å². The van der Waals surface area contributed by atoms with Crippen LogP contribution in [0, 0.1) is 6.92 Å². The Balaban J connectivity index is 1.74. The number of rotatable bonds is 6. The first-order valence-corrected chi connectivity index (χ1v) is 10.5. The summed E-state index contributed by atoms with van der Waals surface area (Å²) in [4.78, 5) is 12.6. The molecule has 0 aromatic heterocycles. The van der Waals surface area contributed by atoms with Gasteiger partial charge in [-0.1, -0.05) is 23.7 Å². The summed E-state index contributed by atoms with van der Waals surface area (Å²) in [5, 5.41) is 3.31. The minimum absolute atomic E-state index is 0.0379. The zero-order valence-electron chi connectivity index (χ0n) is 14.9. The molecule has 2 aromatic rings. The third-order valence-corrected chi connectivity index (χ3v) is 6.28. The van der Waals surface area contributed by atoms with Crippen molar-refractivity contribution in [2.75, 3.05) is 18.5 Å². The van der Waals surface area contributed by atoms with E-state index in [1.165, 1.54) is 12.1 Å². The molecule has 1 amide bonds. The Kier molecular flexibility index (Phi) is 6.16. The van der Waals surface area contributed by atoms with Gasteiger partial charge < -0.3 is 10.1 Å². The van der Waals surface area contributed by atoms with E-state index in [1.807, 2.05) is 0 Å². The second-order valence-corrected chi connectivity index (χ2v) is 8.56. The predicted octanol–water partition coefficient (Wildman–Crippen LogP) is 3.36. The van der Waals surface area contributed by atoms with Crippen LogP contribution in [0.5, 0.6) is 0 Å². The van der Waals surface area contributed by atoms with E-state index < -0.39 is 15.9 Å². The zero-order chi connectivity index (χ0) is 19.4. The van der Waals surface area contributed by atoms with Crippen molar-refractivity contribution in [1.82, 2.24) is 4.72 Å². The van der Waals surface area contributed by atoms with Gasteiger partial charge in [-0.3, -0.25) is 4.79 Å². The van der Waals surface area contributed by atoms with E-state index in [0.717, 1.165) is 18.4 Å². The Morgan fingerprint density at radius 1 is 1.26 bits per heavy atom. The van der Waals surface area contributed by atoms with Gasteiger partial charge >= 0.3 is 0 Å². The number of sulfonamides is 1. The molecule has 1 saturated heterocycles. The second-order valence-electron chi connectivity index (χ2n) is 6.38. The lowest BCUT2D eigenvalue weighted by Crippen LogP contribution is -2.32. The van der Waals surface area contributed by atoms with E-state index in [2.05, 4.69) is 10.0 Å². The van der Waals surface area contributed by atoms with Gasteiger partial charge in [0, 0.05) is 29.4 Å². The fraction of sp³-hybridized carbons (Fsp3) is 0.316. The van der Waals surface area contributed by atoms with Crippen LogP contribution in [0.1, 0.15) is 28.8 Å². The number of amides is 1. The van der Waals surface area contributed by atoms with Crippen molar-refractivity contribution >= 4 is 33.2 Å². The first-order valence-electron chi connectivity index (χ1n) is 8.64. The molecule has 27 heavy (non-hydrogen) atoms. The minimum atomic E-state index is -3.72. The third-order valence-electron chi connectivity index (χ3n) is 4.45. The van der Waals surface area contributed by atoms with Crippen LogP contribution in [0.4, 0.5) is 5.69 Å². The number of anilines is 1. The fourth-order valence-electron chi connectivity index (χ4n) is 2.83. The van der Waals surface area contributed by atoms with E-state index in [0.29, 0.717) is 17.3 Å². The Morgan fingerprint density at radius 2 is 2.04 bits per heavy atom. The van der Waals surface area contributed by atoms with Crippen molar-refractivity contribution in [3.63, 3.8) is 0 Å². The van der Waals surface area contributed by atoms with Crippen molar-refractivity contribution in [3.8, 4) is 0 Å². The molecule has 0 bridgehead atoms. The summed E-state index contributed by atoms with van der Waals surface area (Å²) in [6.45, 7) is 2.68. The number of nitrogens with one attached hydrogen (secondary N) is 2. The van der Waals surface area contributed by atoms with E-state index in [-0.39, 0.29) is 23.1 Å². The predicted molar refractivity (Wildman–Crippen MR) is 105 cm³/mol. The molecule has 0 aliphatic carbocycles. The van der Waals surface area contributed by atoms with Gasteiger partial charge in [-0.05, 0) is 55.7 Å². The second kappa shape index (κ2) is 8.39. The van der Waals surface area contributed by atoms with Gasteiger partial charge in [0.05, 0.1) is 11.0 Å². The van der Waals surface area contributed by atoms with Crippen LogP contribution in [0.15, 0.2) is 47.4 Å². The fourth-order valence-corrected chi connectivity index (χ4v) is 4.12. The molecule has 6 nitrogen and oxygen atoms in total. The normalized spacial score (nSPS) is 17.0. The van der Waals surface area contributed by atoms with Gasteiger partial charge in [-0.25, -0.2) is 13.1 Å². The van der Waals surface area contributed by atoms with Crippen molar-refractivity contribution in [2.24, 2.45) is 0 Å². The molecular weight excluding hydrogens is 388 g/mol. The number of ether oxygens (including phenoxy) is 1. The molecule has 3 rings (SSSR count). The monoisotopic (exact) mass is 408 g/mol. The highest BCUT2D eigenvalue weighted by molar-refractivity contribution is 7.89. The largest absolute Gasteiger partial charge is 0.377 e. The van der Waals surface area contributed by atoms with Crippen LogP contribution >= 0.6 is 11.6 Å². The number of hydrogen-bond donors (Lipinski definition) is 2. The lowest BCUT2D eigenvalue weighted by molar-refractivity contribution is 0.102. The van der Waals surface area contributed by atoms with Gasteiger partial charge in [-0.2, -0.15) is 0 Å². The topological polar surface area (TPSA) is 84.5 Å². The maximum Gasteiger partial charge on any atom is 0.255 e. The summed E-state index contributed by atoms with van der Waals surface area (Å²) in [5.74, 6) is -0.406. The third kappa shape index (κ3) is 4.87. The molecule has 8 heteroatoms. The summed E-state index contributed by atoms with van der Waals surface area (Å²) in [5.41, 5.74) is 1.57. The van der Waals surface area contributed by atoms with Crippen LogP contribution in [0.25, 0.3) is 0 Å². The van der Waals surface area contributed by atoms with Crippen molar-refractivity contribution in [3.05, 3.63) is 58.6 Å². The Morgan fingerprint density at radius 3 is 2.78 bits per heavy atom. The molecule has 2 N–H and O–H groups in total. The molecule has 1 aliphatic rings. The maximum absolute atomic E-state index is 12.5. The number of benzene rings is 2. The summed E-state index contributed by atoms with van der Waals surface area (Å²) >= 11 is 6.07. The zero-order valence-corrected chi connectivity index (χ0v) is 16.4. The van der Waals surface area contributed by atoms with E-state index >= 15 is 0 Å². The molecular formula is C19H21ClN2O4S. The van der Waals surface area contributed by atoms with Gasteiger partial charge in [0.15, 0.2) is 0 Å². The SMILES string of the molecule is Cc1c(Cl)cccc1NC(=O)c1cccc(S(=O)(=O)NCC2CCCO2)c1. The number of carbonyl (C=O) groups is 1. The van der Waals surface area contributed by atoms with Crippen LogP contribution in [0.3, 0.4) is 0 Å². The Hall–Kier alpha value is -1.93. The summed E-state index contributed by atoms with van der Waals surface area (Å²) in [6, 6.07) is 11.1. The molecule has 1 aliphatic heterocycles. The lowest BCUT2D eigenvalue weighted by Gasteiger charge is -2.13. The molecule has 1 heterocycles. The maximum atomic E-state index is 12.5. The van der Waals surface area contributed by atoms with E-state index in [4.69, 9.17) is 16.3 Å². The van der Waals surface area contributed by atoms with Crippen LogP contribution in [-0.2, 0) is 14.8 Å². The summed E-state index contributed by atoms with van der Waals surface area (Å²) in [7, 11) is -3.72. The molecule has 0 spiro atoms. The quantitative estimate of drug-likeness (QED) is 0.767. The smallest absolute Gasteiger partial charge is 0.255 e. The molecule has 0 saturated carbocycles. The van der Waals surface area contributed by atoms with Crippen LogP contribution in [-0.4, -0.2) is 33.6 Å². The summed E-state index contributed by atoms with van der Waals surface area (Å²) in [6.07, 6.45) is 1.67. The highest BCUT2D eigenvalue weighted by Gasteiger charge is 2.21. The number of halogens is 1. The first kappa shape index (κ1) is 19.8. The van der Waals surface area contributed by atoms with Crippen LogP contribution in [0.2, 0.25) is 5.02 Å². The van der Waals surface area contributed by atoms with Gasteiger partial charge in [0.25, 0.3) is 5.91 Å². The molecule has 2 aromatic carbocycles.